The highest BCUT2D eigenvalue weighted by molar-refractivity contribution is 7.11. The van der Waals surface area contributed by atoms with Crippen molar-refractivity contribution in [3.8, 4) is 0 Å². The molecule has 1 aromatic carbocycles. The maximum Gasteiger partial charge on any atom is 0.0453 e. The minimum Gasteiger partial charge on any atom is -0.326 e. The summed E-state index contributed by atoms with van der Waals surface area (Å²) in [5.41, 5.74) is 6.81. The van der Waals surface area contributed by atoms with E-state index < -0.39 is 0 Å². The number of hydrogen-bond donors (Lipinski definition) is 1. The van der Waals surface area contributed by atoms with Crippen LogP contribution in [-0.2, 0) is 13.1 Å². The average Bonchev–Trinajstić information content (AvgIpc) is 2.86. The molecule has 0 aliphatic rings. The summed E-state index contributed by atoms with van der Waals surface area (Å²) in [4.78, 5) is 4.86. The second-order valence-electron chi connectivity index (χ2n) is 4.68. The lowest BCUT2D eigenvalue weighted by atomic mass is 10.1. The Kier molecular flexibility index (Phi) is 4.99. The third-order valence-electron chi connectivity index (χ3n) is 3.34. The summed E-state index contributed by atoms with van der Waals surface area (Å²) >= 11 is 8.03. The van der Waals surface area contributed by atoms with Gasteiger partial charge in [-0.15, -0.1) is 11.3 Å². The van der Waals surface area contributed by atoms with E-state index >= 15 is 0 Å². The van der Waals surface area contributed by atoms with Gasteiger partial charge in [0.2, 0.25) is 0 Å². The smallest absolute Gasteiger partial charge is 0.0453 e. The summed E-state index contributed by atoms with van der Waals surface area (Å²) in [5, 5.41) is 0.829. The molecule has 1 heterocycles. The van der Waals surface area contributed by atoms with Crippen LogP contribution in [0.5, 0.6) is 0 Å². The van der Waals surface area contributed by atoms with Crippen LogP contribution in [0.15, 0.2) is 36.4 Å². The Balaban J connectivity index is 2.07. The van der Waals surface area contributed by atoms with E-state index in [9.17, 15) is 0 Å². The average molecular weight is 295 g/mol. The third-order valence-corrected chi connectivity index (χ3v) is 4.78. The summed E-state index contributed by atoms with van der Waals surface area (Å²) in [6.07, 6.45) is 0. The Morgan fingerprint density at radius 2 is 1.89 bits per heavy atom. The predicted molar refractivity (Wildman–Crippen MR) is 83.5 cm³/mol. The van der Waals surface area contributed by atoms with Gasteiger partial charge in [0.25, 0.3) is 0 Å². The molecule has 0 radical (unpaired) electrons. The second-order valence-corrected chi connectivity index (χ2v) is 6.34. The Morgan fingerprint density at radius 3 is 2.53 bits per heavy atom. The Hall–Kier alpha value is -0.870. The first-order chi connectivity index (χ1) is 9.11. The van der Waals surface area contributed by atoms with E-state index in [0.29, 0.717) is 6.54 Å². The quantitative estimate of drug-likeness (QED) is 0.901. The molecule has 0 aliphatic heterocycles. The molecule has 0 saturated carbocycles. The lowest BCUT2D eigenvalue weighted by Gasteiger charge is -2.25. The maximum atomic E-state index is 6.25. The van der Waals surface area contributed by atoms with E-state index in [0.717, 1.165) is 11.6 Å². The van der Waals surface area contributed by atoms with Crippen LogP contribution in [0, 0.1) is 0 Å². The van der Waals surface area contributed by atoms with E-state index in [-0.39, 0.29) is 6.04 Å². The zero-order valence-corrected chi connectivity index (χ0v) is 12.8. The van der Waals surface area contributed by atoms with Crippen molar-refractivity contribution >= 4 is 22.9 Å². The highest BCUT2D eigenvalue weighted by Crippen LogP contribution is 2.28. The number of halogens is 1. The predicted octanol–water partition coefficient (Wildman–Crippen LogP) is 4.05. The fourth-order valence-electron chi connectivity index (χ4n) is 2.05. The molecule has 2 rings (SSSR count). The topological polar surface area (TPSA) is 29.3 Å². The van der Waals surface area contributed by atoms with Crippen molar-refractivity contribution in [3.05, 3.63) is 56.7 Å². The number of rotatable bonds is 5. The van der Waals surface area contributed by atoms with Crippen molar-refractivity contribution in [3.63, 3.8) is 0 Å². The van der Waals surface area contributed by atoms with Crippen LogP contribution in [0.4, 0.5) is 0 Å². The maximum absolute atomic E-state index is 6.25. The first-order valence-corrected chi connectivity index (χ1v) is 7.53. The zero-order valence-electron chi connectivity index (χ0n) is 11.3. The van der Waals surface area contributed by atoms with Gasteiger partial charge in [-0.3, -0.25) is 4.90 Å². The van der Waals surface area contributed by atoms with Crippen LogP contribution in [0.3, 0.4) is 0 Å². The van der Waals surface area contributed by atoms with Gasteiger partial charge in [-0.2, -0.15) is 0 Å². The molecule has 2 aromatic rings. The van der Waals surface area contributed by atoms with Gasteiger partial charge in [0.05, 0.1) is 0 Å². The lowest BCUT2D eigenvalue weighted by Crippen LogP contribution is -2.21. The van der Waals surface area contributed by atoms with E-state index in [1.807, 2.05) is 18.2 Å². The van der Waals surface area contributed by atoms with Gasteiger partial charge in [0.15, 0.2) is 0 Å². The highest BCUT2D eigenvalue weighted by atomic mass is 35.5. The summed E-state index contributed by atoms with van der Waals surface area (Å²) < 4.78 is 0. The van der Waals surface area contributed by atoms with Crippen molar-refractivity contribution in [2.45, 2.75) is 26.1 Å². The fourth-order valence-corrected chi connectivity index (χ4v) is 3.31. The van der Waals surface area contributed by atoms with Crippen LogP contribution in [-0.4, -0.2) is 11.9 Å². The minimum atomic E-state index is 0.289. The van der Waals surface area contributed by atoms with Crippen molar-refractivity contribution in [1.29, 1.82) is 0 Å². The second kappa shape index (κ2) is 6.53. The number of hydrogen-bond acceptors (Lipinski definition) is 3. The summed E-state index contributed by atoms with van der Waals surface area (Å²) in [6, 6.07) is 12.6. The monoisotopic (exact) mass is 294 g/mol. The zero-order chi connectivity index (χ0) is 13.8. The molecule has 4 heteroatoms. The number of thiophene rings is 1. The molecule has 2 N–H and O–H groups in total. The van der Waals surface area contributed by atoms with Crippen LogP contribution in [0.2, 0.25) is 5.02 Å². The molecule has 0 bridgehead atoms. The number of nitrogens with zero attached hydrogens (tertiary/aromatic N) is 1. The third kappa shape index (κ3) is 3.57. The SMILES string of the molecule is CC(c1ccccc1Cl)N(C)Cc1ccc(CN)s1. The summed E-state index contributed by atoms with van der Waals surface area (Å²) in [7, 11) is 2.12. The van der Waals surface area contributed by atoms with E-state index in [4.69, 9.17) is 17.3 Å². The number of nitrogens with two attached hydrogens (primary N) is 1. The molecule has 0 fully saturated rings. The molecule has 102 valence electrons. The normalized spacial score (nSPS) is 12.9. The highest BCUT2D eigenvalue weighted by Gasteiger charge is 2.15. The fraction of sp³-hybridized carbons (Fsp3) is 0.333. The molecule has 2 nitrogen and oxygen atoms in total. The molecule has 0 spiro atoms. The summed E-state index contributed by atoms with van der Waals surface area (Å²) in [6.45, 7) is 3.71. The standard InChI is InChI=1S/C15H19ClN2S/c1-11(14-5-3-4-6-15(14)16)18(2)10-13-8-7-12(9-17)19-13/h3-8,11H,9-10,17H2,1-2H3. The molecule has 1 atom stereocenters. The van der Waals surface area contributed by atoms with Gasteiger partial charge in [-0.05, 0) is 37.7 Å². The molecule has 0 amide bonds. The minimum absolute atomic E-state index is 0.289. The Morgan fingerprint density at radius 1 is 1.21 bits per heavy atom. The largest absolute Gasteiger partial charge is 0.326 e. The van der Waals surface area contributed by atoms with E-state index in [2.05, 4.69) is 37.1 Å². The van der Waals surface area contributed by atoms with E-state index in [1.165, 1.54) is 15.3 Å². The lowest BCUT2D eigenvalue weighted by molar-refractivity contribution is 0.255. The number of benzene rings is 1. The van der Waals surface area contributed by atoms with Gasteiger partial charge in [-0.25, -0.2) is 0 Å². The first-order valence-electron chi connectivity index (χ1n) is 6.34. The van der Waals surface area contributed by atoms with Gasteiger partial charge >= 0.3 is 0 Å². The molecular weight excluding hydrogens is 276 g/mol. The molecule has 1 aromatic heterocycles. The van der Waals surface area contributed by atoms with Crippen molar-refractivity contribution < 1.29 is 0 Å². The van der Waals surface area contributed by atoms with Crippen LogP contribution >= 0.6 is 22.9 Å². The molecule has 1 unspecified atom stereocenters. The van der Waals surface area contributed by atoms with Crippen molar-refractivity contribution in [2.75, 3.05) is 7.05 Å². The van der Waals surface area contributed by atoms with Gasteiger partial charge in [0, 0.05) is 33.9 Å². The summed E-state index contributed by atoms with van der Waals surface area (Å²) in [5.74, 6) is 0. The van der Waals surface area contributed by atoms with Crippen molar-refractivity contribution in [1.82, 2.24) is 4.90 Å². The molecular formula is C15H19ClN2S. The van der Waals surface area contributed by atoms with Gasteiger partial charge < -0.3 is 5.73 Å². The molecule has 0 aliphatic carbocycles. The van der Waals surface area contributed by atoms with Crippen LogP contribution in [0.25, 0.3) is 0 Å². The molecule has 19 heavy (non-hydrogen) atoms. The van der Waals surface area contributed by atoms with E-state index in [1.54, 1.807) is 11.3 Å². The van der Waals surface area contributed by atoms with Crippen LogP contribution < -0.4 is 5.73 Å². The van der Waals surface area contributed by atoms with Gasteiger partial charge in [-0.1, -0.05) is 29.8 Å². The van der Waals surface area contributed by atoms with Gasteiger partial charge in [0.1, 0.15) is 0 Å². The van der Waals surface area contributed by atoms with Crippen molar-refractivity contribution in [2.24, 2.45) is 5.73 Å². The first kappa shape index (κ1) is 14.5. The Labute approximate surface area is 123 Å². The van der Waals surface area contributed by atoms with Crippen LogP contribution in [0.1, 0.15) is 28.3 Å². The Bertz CT molecular complexity index is 538. The molecule has 0 saturated heterocycles.